The number of rotatable bonds is 3. The molecule has 1 fully saturated rings. The first kappa shape index (κ1) is 13.2. The standard InChI is InChI=1S/C11H14N4O5/c1-19-10-5-2-15(14-9(5)12-4-13-10)11-8(18)7(17)6(3-16)20-11/h2,4,6-8,11,16-18H,3H2,1H3/t6-,7-,8+,11-/m1/s1. The molecule has 108 valence electrons. The summed E-state index contributed by atoms with van der Waals surface area (Å²) in [4.78, 5) is 7.94. The van der Waals surface area contributed by atoms with Crippen molar-refractivity contribution in [2.75, 3.05) is 13.7 Å². The molecule has 0 unspecified atom stereocenters. The van der Waals surface area contributed by atoms with Gasteiger partial charge in [0, 0.05) is 6.20 Å². The zero-order valence-corrected chi connectivity index (χ0v) is 10.6. The van der Waals surface area contributed by atoms with Crippen molar-refractivity contribution in [1.82, 2.24) is 19.7 Å². The van der Waals surface area contributed by atoms with Gasteiger partial charge in [-0.2, -0.15) is 0 Å². The van der Waals surface area contributed by atoms with Crippen LogP contribution in [0.5, 0.6) is 5.88 Å². The van der Waals surface area contributed by atoms with Crippen LogP contribution in [-0.4, -0.2) is 67.1 Å². The number of hydrogen-bond donors (Lipinski definition) is 3. The molecule has 20 heavy (non-hydrogen) atoms. The summed E-state index contributed by atoms with van der Waals surface area (Å²) in [7, 11) is 1.48. The van der Waals surface area contributed by atoms with Gasteiger partial charge in [-0.15, -0.1) is 5.10 Å². The molecular weight excluding hydrogens is 268 g/mol. The lowest BCUT2D eigenvalue weighted by Crippen LogP contribution is -2.33. The minimum atomic E-state index is -1.19. The van der Waals surface area contributed by atoms with Crippen LogP contribution in [-0.2, 0) is 4.74 Å². The summed E-state index contributed by atoms with van der Waals surface area (Å²) in [5, 5.41) is 33.5. The van der Waals surface area contributed by atoms with Crippen LogP contribution in [0.25, 0.3) is 11.0 Å². The van der Waals surface area contributed by atoms with Crippen molar-refractivity contribution in [3.05, 3.63) is 12.5 Å². The van der Waals surface area contributed by atoms with Gasteiger partial charge in [-0.05, 0) is 0 Å². The fourth-order valence-electron chi connectivity index (χ4n) is 2.23. The zero-order valence-electron chi connectivity index (χ0n) is 10.6. The van der Waals surface area contributed by atoms with E-state index < -0.39 is 31.1 Å². The molecule has 3 rings (SSSR count). The van der Waals surface area contributed by atoms with Crippen LogP contribution in [0.15, 0.2) is 12.5 Å². The molecule has 9 heteroatoms. The van der Waals surface area contributed by atoms with Crippen LogP contribution in [0.4, 0.5) is 0 Å². The average Bonchev–Trinajstić information content (AvgIpc) is 3.01. The highest BCUT2D eigenvalue weighted by atomic mass is 16.6. The van der Waals surface area contributed by atoms with Crippen molar-refractivity contribution in [3.63, 3.8) is 0 Å². The smallest absolute Gasteiger partial charge is 0.227 e. The second kappa shape index (κ2) is 4.94. The van der Waals surface area contributed by atoms with E-state index in [-0.39, 0.29) is 0 Å². The lowest BCUT2D eigenvalue weighted by Gasteiger charge is -2.14. The van der Waals surface area contributed by atoms with E-state index in [4.69, 9.17) is 14.6 Å². The molecule has 0 spiro atoms. The van der Waals surface area contributed by atoms with Crippen molar-refractivity contribution in [1.29, 1.82) is 0 Å². The van der Waals surface area contributed by atoms with Gasteiger partial charge in [0.25, 0.3) is 0 Å². The summed E-state index contributed by atoms with van der Waals surface area (Å²) in [6.07, 6.45) is -1.24. The predicted octanol–water partition coefficient (Wildman–Crippen LogP) is -1.55. The highest BCUT2D eigenvalue weighted by Gasteiger charge is 2.43. The van der Waals surface area contributed by atoms with Crippen LogP contribution in [0.2, 0.25) is 0 Å². The van der Waals surface area contributed by atoms with Crippen LogP contribution in [0, 0.1) is 0 Å². The number of hydrogen-bond acceptors (Lipinski definition) is 8. The number of methoxy groups -OCH3 is 1. The van der Waals surface area contributed by atoms with Crippen molar-refractivity contribution < 1.29 is 24.8 Å². The average molecular weight is 282 g/mol. The Bertz CT molecular complexity index is 618. The van der Waals surface area contributed by atoms with E-state index in [1.165, 1.54) is 18.1 Å². The normalized spacial score (nSPS) is 30.0. The molecule has 1 saturated heterocycles. The Labute approximate surface area is 113 Å². The van der Waals surface area contributed by atoms with Crippen LogP contribution in [0.3, 0.4) is 0 Å². The van der Waals surface area contributed by atoms with Gasteiger partial charge in [-0.3, -0.25) is 0 Å². The molecule has 3 N–H and O–H groups in total. The molecule has 4 atom stereocenters. The van der Waals surface area contributed by atoms with Crippen molar-refractivity contribution >= 4 is 11.0 Å². The molecule has 0 bridgehead atoms. The molecule has 3 heterocycles. The van der Waals surface area contributed by atoms with E-state index in [9.17, 15) is 10.2 Å². The fraction of sp³-hybridized carbons (Fsp3) is 0.545. The van der Waals surface area contributed by atoms with E-state index in [1.807, 2.05) is 0 Å². The third-order valence-electron chi connectivity index (χ3n) is 3.27. The van der Waals surface area contributed by atoms with Gasteiger partial charge in [0.1, 0.15) is 30.0 Å². The van der Waals surface area contributed by atoms with Gasteiger partial charge in [0.05, 0.1) is 13.7 Å². The molecule has 0 radical (unpaired) electrons. The molecule has 2 aromatic rings. The highest BCUT2D eigenvalue weighted by Crippen LogP contribution is 2.30. The van der Waals surface area contributed by atoms with Crippen LogP contribution >= 0.6 is 0 Å². The van der Waals surface area contributed by atoms with E-state index >= 15 is 0 Å². The minimum Gasteiger partial charge on any atom is -0.480 e. The summed E-state index contributed by atoms with van der Waals surface area (Å²) < 4.78 is 11.8. The Balaban J connectivity index is 1.99. The molecule has 0 aromatic carbocycles. The number of aromatic nitrogens is 4. The SMILES string of the molecule is COc1ncnc2nn([C@@H]3O[C@H](CO)[C@@H](O)[C@@H]3O)cc12. The summed E-state index contributed by atoms with van der Waals surface area (Å²) in [5.74, 6) is 0.355. The first-order valence-electron chi connectivity index (χ1n) is 6.02. The topological polar surface area (TPSA) is 123 Å². The third-order valence-corrected chi connectivity index (χ3v) is 3.27. The maximum atomic E-state index is 9.95. The van der Waals surface area contributed by atoms with Gasteiger partial charge >= 0.3 is 0 Å². The third kappa shape index (κ3) is 1.91. The van der Waals surface area contributed by atoms with E-state index in [1.54, 1.807) is 6.20 Å². The largest absolute Gasteiger partial charge is 0.480 e. The molecule has 9 nitrogen and oxygen atoms in total. The maximum Gasteiger partial charge on any atom is 0.227 e. The molecule has 1 aliphatic rings. The molecule has 0 aliphatic carbocycles. The number of nitrogens with zero attached hydrogens (tertiary/aromatic N) is 4. The Morgan fingerprint density at radius 2 is 2.15 bits per heavy atom. The fourth-order valence-corrected chi connectivity index (χ4v) is 2.23. The van der Waals surface area contributed by atoms with Crippen LogP contribution in [0.1, 0.15) is 6.23 Å². The number of ether oxygens (including phenoxy) is 2. The van der Waals surface area contributed by atoms with Crippen LogP contribution < -0.4 is 4.74 Å². The summed E-state index contributed by atoms with van der Waals surface area (Å²) in [5.41, 5.74) is 0.384. The van der Waals surface area contributed by atoms with Gasteiger partial charge in [0.15, 0.2) is 11.9 Å². The van der Waals surface area contributed by atoms with E-state index in [0.717, 1.165) is 0 Å². The first-order chi connectivity index (χ1) is 9.65. The van der Waals surface area contributed by atoms with E-state index in [0.29, 0.717) is 16.9 Å². The van der Waals surface area contributed by atoms with Crippen molar-refractivity contribution in [3.8, 4) is 5.88 Å². The summed E-state index contributed by atoms with van der Waals surface area (Å²) in [6, 6.07) is 0. The predicted molar refractivity (Wildman–Crippen MR) is 64.9 cm³/mol. The van der Waals surface area contributed by atoms with E-state index in [2.05, 4.69) is 15.1 Å². The number of fused-ring (bicyclic) bond motifs is 1. The quantitative estimate of drug-likeness (QED) is 0.618. The Morgan fingerprint density at radius 3 is 2.80 bits per heavy atom. The number of aliphatic hydroxyl groups excluding tert-OH is 3. The second-order valence-corrected chi connectivity index (χ2v) is 4.46. The second-order valence-electron chi connectivity index (χ2n) is 4.46. The van der Waals surface area contributed by atoms with Gasteiger partial charge in [0.2, 0.25) is 5.88 Å². The van der Waals surface area contributed by atoms with Gasteiger partial charge in [-0.1, -0.05) is 0 Å². The lowest BCUT2D eigenvalue weighted by molar-refractivity contribution is -0.0583. The molecular formula is C11H14N4O5. The molecule has 1 aliphatic heterocycles. The summed E-state index contributed by atoms with van der Waals surface area (Å²) in [6.45, 7) is -0.390. The monoisotopic (exact) mass is 282 g/mol. The lowest BCUT2D eigenvalue weighted by atomic mass is 10.1. The van der Waals surface area contributed by atoms with Gasteiger partial charge < -0.3 is 24.8 Å². The highest BCUT2D eigenvalue weighted by molar-refractivity contribution is 5.79. The zero-order chi connectivity index (χ0) is 14.3. The number of aliphatic hydroxyl groups is 3. The first-order valence-corrected chi connectivity index (χ1v) is 6.02. The minimum absolute atomic E-state index is 0.355. The molecule has 0 amide bonds. The Morgan fingerprint density at radius 1 is 1.35 bits per heavy atom. The van der Waals surface area contributed by atoms with Gasteiger partial charge in [-0.25, -0.2) is 14.6 Å². The molecule has 0 saturated carbocycles. The Hall–Kier alpha value is -1.81. The van der Waals surface area contributed by atoms with Crippen molar-refractivity contribution in [2.24, 2.45) is 0 Å². The maximum absolute atomic E-state index is 9.95. The Kier molecular flexibility index (Phi) is 3.26. The van der Waals surface area contributed by atoms with Crippen molar-refractivity contribution in [2.45, 2.75) is 24.5 Å². The molecule has 2 aromatic heterocycles. The summed E-state index contributed by atoms with van der Waals surface area (Å²) >= 11 is 0.